The first-order valence-electron chi connectivity index (χ1n) is 5.56. The monoisotopic (exact) mass is 201 g/mol. The van der Waals surface area contributed by atoms with E-state index in [4.69, 9.17) is 4.74 Å². The first-order chi connectivity index (χ1) is 6.52. The van der Waals surface area contributed by atoms with E-state index < -0.39 is 5.60 Å². The van der Waals surface area contributed by atoms with Crippen molar-refractivity contribution >= 4 is 0 Å². The molecule has 0 aromatic carbocycles. The topological polar surface area (TPSA) is 41.5 Å². The molecular weight excluding hydrogens is 178 g/mol. The summed E-state index contributed by atoms with van der Waals surface area (Å²) in [6, 6.07) is 0.491. The summed E-state index contributed by atoms with van der Waals surface area (Å²) < 4.78 is 5.29. The predicted molar refractivity (Wildman–Crippen MR) is 57.3 cm³/mol. The van der Waals surface area contributed by atoms with Gasteiger partial charge < -0.3 is 15.2 Å². The van der Waals surface area contributed by atoms with Crippen LogP contribution >= 0.6 is 0 Å². The number of ether oxygens (including phenoxy) is 1. The largest absolute Gasteiger partial charge is 0.390 e. The number of hydrogen-bond acceptors (Lipinski definition) is 3. The Hall–Kier alpha value is -0.120. The van der Waals surface area contributed by atoms with Crippen LogP contribution < -0.4 is 5.32 Å². The van der Waals surface area contributed by atoms with Crippen LogP contribution in [0.5, 0.6) is 0 Å². The van der Waals surface area contributed by atoms with Crippen molar-refractivity contribution in [3.05, 3.63) is 0 Å². The molecule has 0 aliphatic carbocycles. The van der Waals surface area contributed by atoms with Crippen molar-refractivity contribution < 1.29 is 9.84 Å². The van der Waals surface area contributed by atoms with Gasteiger partial charge >= 0.3 is 0 Å². The second kappa shape index (κ2) is 5.10. The molecule has 2 unspecified atom stereocenters. The van der Waals surface area contributed by atoms with Gasteiger partial charge in [-0.25, -0.2) is 0 Å². The lowest BCUT2D eigenvalue weighted by molar-refractivity contribution is -0.0120. The molecule has 0 spiro atoms. The van der Waals surface area contributed by atoms with Crippen molar-refractivity contribution in [3.63, 3.8) is 0 Å². The van der Waals surface area contributed by atoms with Gasteiger partial charge in [-0.15, -0.1) is 0 Å². The van der Waals surface area contributed by atoms with Gasteiger partial charge in [-0.05, 0) is 26.3 Å². The lowest BCUT2D eigenvalue weighted by Gasteiger charge is -2.29. The summed E-state index contributed by atoms with van der Waals surface area (Å²) in [4.78, 5) is 0. The zero-order valence-electron chi connectivity index (χ0n) is 9.55. The van der Waals surface area contributed by atoms with Crippen LogP contribution in [0.4, 0.5) is 0 Å². The van der Waals surface area contributed by atoms with Crippen LogP contribution in [0.1, 0.15) is 33.6 Å². The molecule has 0 saturated carbocycles. The van der Waals surface area contributed by atoms with Crippen LogP contribution in [0, 0.1) is 5.92 Å². The van der Waals surface area contributed by atoms with E-state index in [1.165, 1.54) is 0 Å². The maximum atomic E-state index is 10.2. The van der Waals surface area contributed by atoms with E-state index in [1.807, 2.05) is 6.92 Å². The molecule has 14 heavy (non-hydrogen) atoms. The molecule has 1 fully saturated rings. The Balaban J connectivity index is 2.25. The highest BCUT2D eigenvalue weighted by Crippen LogP contribution is 2.28. The van der Waals surface area contributed by atoms with Gasteiger partial charge in [0, 0.05) is 18.6 Å². The minimum absolute atomic E-state index is 0.316. The maximum Gasteiger partial charge on any atom is 0.0682 e. The Morgan fingerprint density at radius 1 is 1.57 bits per heavy atom. The van der Waals surface area contributed by atoms with E-state index in [-0.39, 0.29) is 0 Å². The quantitative estimate of drug-likeness (QED) is 0.701. The van der Waals surface area contributed by atoms with Crippen LogP contribution in [-0.4, -0.2) is 36.5 Å². The van der Waals surface area contributed by atoms with Crippen molar-refractivity contribution in [2.75, 3.05) is 19.8 Å². The molecule has 0 amide bonds. The summed E-state index contributed by atoms with van der Waals surface area (Å²) in [5.74, 6) is 0.316. The first-order valence-corrected chi connectivity index (χ1v) is 5.56. The minimum Gasteiger partial charge on any atom is -0.390 e. The highest BCUT2D eigenvalue weighted by atomic mass is 16.5. The van der Waals surface area contributed by atoms with Gasteiger partial charge in [0.2, 0.25) is 0 Å². The summed E-state index contributed by atoms with van der Waals surface area (Å²) in [6.07, 6.45) is 1.80. The van der Waals surface area contributed by atoms with Gasteiger partial charge in [-0.1, -0.05) is 13.8 Å². The standard InChI is InChI=1S/C11H23NO2/c1-9(2)12-6-5-11(3,13)10-4-7-14-8-10/h9-10,12-13H,4-8H2,1-3H3. The van der Waals surface area contributed by atoms with Crippen LogP contribution in [0.15, 0.2) is 0 Å². The third-order valence-corrected chi connectivity index (χ3v) is 2.99. The van der Waals surface area contributed by atoms with Crippen LogP contribution in [0.3, 0.4) is 0 Å². The number of rotatable bonds is 5. The van der Waals surface area contributed by atoms with E-state index in [0.717, 1.165) is 26.0 Å². The van der Waals surface area contributed by atoms with Crippen molar-refractivity contribution in [2.45, 2.75) is 45.3 Å². The van der Waals surface area contributed by atoms with E-state index in [2.05, 4.69) is 19.2 Å². The molecule has 1 rings (SSSR count). The summed E-state index contributed by atoms with van der Waals surface area (Å²) in [7, 11) is 0. The Morgan fingerprint density at radius 2 is 2.29 bits per heavy atom. The highest BCUT2D eigenvalue weighted by molar-refractivity contribution is 4.85. The molecule has 3 nitrogen and oxygen atoms in total. The fourth-order valence-corrected chi connectivity index (χ4v) is 1.84. The lowest BCUT2D eigenvalue weighted by atomic mass is 9.86. The molecule has 2 N–H and O–H groups in total. The van der Waals surface area contributed by atoms with E-state index >= 15 is 0 Å². The first kappa shape index (κ1) is 12.0. The number of nitrogens with one attached hydrogen (secondary N) is 1. The fraction of sp³-hybridized carbons (Fsp3) is 1.00. The third-order valence-electron chi connectivity index (χ3n) is 2.99. The molecule has 0 aromatic rings. The Bertz CT molecular complexity index is 163. The predicted octanol–water partition coefficient (Wildman–Crippen LogP) is 1.16. The number of hydrogen-bond donors (Lipinski definition) is 2. The molecule has 0 aromatic heterocycles. The molecule has 0 bridgehead atoms. The van der Waals surface area contributed by atoms with Crippen LogP contribution in [0.25, 0.3) is 0 Å². The molecular formula is C11H23NO2. The summed E-state index contributed by atoms with van der Waals surface area (Å²) in [6.45, 7) is 8.56. The Morgan fingerprint density at radius 3 is 2.79 bits per heavy atom. The molecule has 1 aliphatic rings. The molecule has 1 aliphatic heterocycles. The highest BCUT2D eigenvalue weighted by Gasteiger charge is 2.34. The zero-order chi connectivity index (χ0) is 10.6. The van der Waals surface area contributed by atoms with E-state index in [0.29, 0.717) is 18.6 Å². The van der Waals surface area contributed by atoms with Gasteiger partial charge in [0.1, 0.15) is 0 Å². The van der Waals surface area contributed by atoms with Gasteiger partial charge in [0.25, 0.3) is 0 Å². The van der Waals surface area contributed by atoms with Gasteiger partial charge in [-0.3, -0.25) is 0 Å². The van der Waals surface area contributed by atoms with Crippen LogP contribution in [-0.2, 0) is 4.74 Å². The SMILES string of the molecule is CC(C)NCCC(C)(O)C1CCOC1. The summed E-state index contributed by atoms with van der Waals surface area (Å²) >= 11 is 0. The zero-order valence-corrected chi connectivity index (χ0v) is 9.55. The third kappa shape index (κ3) is 3.56. The molecule has 1 heterocycles. The van der Waals surface area contributed by atoms with Gasteiger partial charge in [-0.2, -0.15) is 0 Å². The number of aliphatic hydroxyl groups is 1. The molecule has 3 heteroatoms. The van der Waals surface area contributed by atoms with Crippen LogP contribution in [0.2, 0.25) is 0 Å². The fourth-order valence-electron chi connectivity index (χ4n) is 1.84. The smallest absolute Gasteiger partial charge is 0.0682 e. The van der Waals surface area contributed by atoms with E-state index in [1.54, 1.807) is 0 Å². The Labute approximate surface area is 86.8 Å². The molecule has 1 saturated heterocycles. The maximum absolute atomic E-state index is 10.2. The summed E-state index contributed by atoms with van der Waals surface area (Å²) in [5, 5.41) is 13.5. The molecule has 84 valence electrons. The van der Waals surface area contributed by atoms with Crippen molar-refractivity contribution in [3.8, 4) is 0 Å². The average Bonchev–Trinajstić information content (AvgIpc) is 2.54. The van der Waals surface area contributed by atoms with Gasteiger partial charge in [0.15, 0.2) is 0 Å². The molecule has 2 atom stereocenters. The van der Waals surface area contributed by atoms with Crippen molar-refractivity contribution in [1.29, 1.82) is 0 Å². The Kier molecular flexibility index (Phi) is 4.35. The van der Waals surface area contributed by atoms with E-state index in [9.17, 15) is 5.11 Å². The van der Waals surface area contributed by atoms with Crippen molar-refractivity contribution in [2.24, 2.45) is 5.92 Å². The lowest BCUT2D eigenvalue weighted by Crippen LogP contribution is -2.39. The second-order valence-electron chi connectivity index (χ2n) is 4.78. The van der Waals surface area contributed by atoms with Crippen molar-refractivity contribution in [1.82, 2.24) is 5.32 Å². The second-order valence-corrected chi connectivity index (χ2v) is 4.78. The normalized spacial score (nSPS) is 26.8. The molecule has 0 radical (unpaired) electrons. The van der Waals surface area contributed by atoms with Gasteiger partial charge in [0.05, 0.1) is 12.2 Å². The minimum atomic E-state index is -0.571. The average molecular weight is 201 g/mol. The summed E-state index contributed by atoms with van der Waals surface area (Å²) in [5.41, 5.74) is -0.571.